The number of nitrogens with zero attached hydrogens (tertiary/aromatic N) is 3. The summed E-state index contributed by atoms with van der Waals surface area (Å²) < 4.78 is 41.3. The summed E-state index contributed by atoms with van der Waals surface area (Å²) in [6.45, 7) is 7.07. The lowest BCUT2D eigenvalue weighted by molar-refractivity contribution is -0.0455. The molecule has 8 heteroatoms. The largest absolute Gasteiger partial charge is 0.497 e. The number of hydrogen-bond donors (Lipinski definition) is 0. The highest BCUT2D eigenvalue weighted by atomic mass is 32.2. The molecule has 2 aromatic rings. The normalized spacial score (nSPS) is 25.6. The fraction of sp³-hybridized carbons (Fsp3) is 0.522. The highest BCUT2D eigenvalue weighted by Crippen LogP contribution is 2.37. The molecule has 31 heavy (non-hydrogen) atoms. The van der Waals surface area contributed by atoms with Crippen LogP contribution in [0.25, 0.3) is 11.1 Å². The van der Waals surface area contributed by atoms with Gasteiger partial charge in [-0.2, -0.15) is 17.0 Å². The zero-order valence-electron chi connectivity index (χ0n) is 18.6. The Hall–Kier alpha value is -2.00. The van der Waals surface area contributed by atoms with Gasteiger partial charge in [0.15, 0.2) is 0 Å². The molecule has 168 valence electrons. The fourth-order valence-corrected chi connectivity index (χ4v) is 6.58. The van der Waals surface area contributed by atoms with Crippen LogP contribution in [0.3, 0.4) is 0 Å². The van der Waals surface area contributed by atoms with Crippen molar-refractivity contribution < 1.29 is 17.9 Å². The fourth-order valence-electron chi connectivity index (χ4n) is 4.59. The van der Waals surface area contributed by atoms with Gasteiger partial charge in [-0.25, -0.2) is 0 Å². The smallest absolute Gasteiger partial charge is 0.282 e. The van der Waals surface area contributed by atoms with Gasteiger partial charge >= 0.3 is 0 Å². The van der Waals surface area contributed by atoms with Gasteiger partial charge in [-0.1, -0.05) is 12.1 Å². The molecule has 0 bridgehead atoms. The van der Waals surface area contributed by atoms with E-state index in [-0.39, 0.29) is 18.2 Å². The summed E-state index contributed by atoms with van der Waals surface area (Å²) in [5.41, 5.74) is 3.77. The molecule has 1 aromatic carbocycles. The number of aromatic nitrogens is 1. The number of ether oxygens (including phenoxy) is 2. The molecule has 2 aliphatic rings. The Morgan fingerprint density at radius 1 is 1.06 bits per heavy atom. The van der Waals surface area contributed by atoms with Crippen molar-refractivity contribution in [1.82, 2.24) is 13.6 Å². The van der Waals surface area contributed by atoms with E-state index in [1.165, 1.54) is 0 Å². The van der Waals surface area contributed by atoms with E-state index < -0.39 is 10.2 Å². The predicted molar refractivity (Wildman–Crippen MR) is 120 cm³/mol. The van der Waals surface area contributed by atoms with Gasteiger partial charge in [0.05, 0.1) is 31.1 Å². The topological polar surface area (TPSA) is 72.0 Å². The van der Waals surface area contributed by atoms with Crippen LogP contribution in [0.4, 0.5) is 0 Å². The monoisotopic (exact) mass is 445 g/mol. The van der Waals surface area contributed by atoms with Gasteiger partial charge in [0.1, 0.15) is 5.75 Å². The maximum Gasteiger partial charge on any atom is 0.282 e. The molecule has 0 spiro atoms. The second-order valence-electron chi connectivity index (χ2n) is 8.50. The van der Waals surface area contributed by atoms with Crippen LogP contribution in [0.5, 0.6) is 5.75 Å². The lowest BCUT2D eigenvalue weighted by atomic mass is 10.0. The first-order chi connectivity index (χ1) is 14.8. The maximum atomic E-state index is 13.5. The van der Waals surface area contributed by atoms with Crippen LogP contribution in [-0.2, 0) is 14.9 Å². The molecule has 4 rings (SSSR count). The van der Waals surface area contributed by atoms with Crippen LogP contribution in [-0.4, -0.2) is 61.0 Å². The summed E-state index contributed by atoms with van der Waals surface area (Å²) in [7, 11) is -1.95. The molecule has 0 saturated carbocycles. The van der Waals surface area contributed by atoms with Crippen LogP contribution >= 0.6 is 0 Å². The molecule has 7 nitrogen and oxygen atoms in total. The summed E-state index contributed by atoms with van der Waals surface area (Å²) in [5, 5.41) is 0. The van der Waals surface area contributed by atoms with Crippen molar-refractivity contribution >= 4 is 10.2 Å². The summed E-state index contributed by atoms with van der Waals surface area (Å²) in [5.74, 6) is 0.803. The first-order valence-corrected chi connectivity index (χ1v) is 12.2. The van der Waals surface area contributed by atoms with Crippen molar-refractivity contribution in [3.8, 4) is 16.9 Å². The number of hydrogen-bond acceptors (Lipinski definition) is 5. The van der Waals surface area contributed by atoms with E-state index in [9.17, 15) is 8.42 Å². The van der Waals surface area contributed by atoms with Gasteiger partial charge in [-0.05, 0) is 69.0 Å². The Balaban J connectivity index is 1.64. The second kappa shape index (κ2) is 8.86. The van der Waals surface area contributed by atoms with Gasteiger partial charge in [0.2, 0.25) is 0 Å². The van der Waals surface area contributed by atoms with Crippen molar-refractivity contribution in [3.05, 3.63) is 47.8 Å². The zero-order valence-corrected chi connectivity index (χ0v) is 19.4. The van der Waals surface area contributed by atoms with Crippen LogP contribution in [0.2, 0.25) is 0 Å². The van der Waals surface area contributed by atoms with Gasteiger partial charge in [0.25, 0.3) is 10.2 Å². The summed E-state index contributed by atoms with van der Waals surface area (Å²) in [6, 6.07) is 11.7. The molecule has 0 amide bonds. The molecule has 0 aliphatic carbocycles. The molecule has 2 aliphatic heterocycles. The Bertz CT molecular complexity index is 1020. The Morgan fingerprint density at radius 2 is 1.74 bits per heavy atom. The summed E-state index contributed by atoms with van der Waals surface area (Å²) in [6.07, 6.45) is 1.37. The molecule has 0 unspecified atom stereocenters. The molecule has 3 atom stereocenters. The third-order valence-corrected chi connectivity index (χ3v) is 7.93. The van der Waals surface area contributed by atoms with E-state index in [4.69, 9.17) is 14.5 Å². The van der Waals surface area contributed by atoms with Gasteiger partial charge < -0.3 is 9.47 Å². The number of benzene rings is 1. The highest BCUT2D eigenvalue weighted by Gasteiger charge is 2.42. The maximum absolute atomic E-state index is 13.5. The van der Waals surface area contributed by atoms with E-state index in [1.54, 1.807) is 15.7 Å². The number of pyridine rings is 1. The van der Waals surface area contributed by atoms with E-state index >= 15 is 0 Å². The van der Waals surface area contributed by atoms with Crippen molar-refractivity contribution in [2.45, 2.75) is 51.9 Å². The van der Waals surface area contributed by atoms with Gasteiger partial charge in [-0.3, -0.25) is 4.98 Å². The Labute approximate surface area is 185 Å². The van der Waals surface area contributed by atoms with Crippen molar-refractivity contribution in [1.29, 1.82) is 0 Å². The molecule has 0 radical (unpaired) electrons. The SMILES string of the molecule is COc1ccc(-c2cc(C)nc([C@@H]3CCCN3S(=O)(=O)N3C[C@@H](C)O[C@H](C)C3)c2)cc1. The van der Waals surface area contributed by atoms with Crippen molar-refractivity contribution in [3.63, 3.8) is 0 Å². The summed E-state index contributed by atoms with van der Waals surface area (Å²) >= 11 is 0. The molecule has 1 aromatic heterocycles. The van der Waals surface area contributed by atoms with Crippen LogP contribution in [0.15, 0.2) is 36.4 Å². The third-order valence-electron chi connectivity index (χ3n) is 5.95. The quantitative estimate of drug-likeness (QED) is 0.704. The summed E-state index contributed by atoms with van der Waals surface area (Å²) in [4.78, 5) is 4.74. The number of rotatable bonds is 5. The highest BCUT2D eigenvalue weighted by molar-refractivity contribution is 7.86. The lowest BCUT2D eigenvalue weighted by Gasteiger charge is -2.37. The Kier molecular flexibility index (Phi) is 6.35. The van der Waals surface area contributed by atoms with Crippen LogP contribution < -0.4 is 4.74 Å². The van der Waals surface area contributed by atoms with E-state index in [0.717, 1.165) is 41.1 Å². The third kappa shape index (κ3) is 4.62. The van der Waals surface area contributed by atoms with Crippen LogP contribution in [0, 0.1) is 6.92 Å². The minimum Gasteiger partial charge on any atom is -0.497 e. The molecule has 3 heterocycles. The van der Waals surface area contributed by atoms with Crippen LogP contribution in [0.1, 0.15) is 44.1 Å². The van der Waals surface area contributed by atoms with Crippen molar-refractivity contribution in [2.75, 3.05) is 26.7 Å². The number of aryl methyl sites for hydroxylation is 1. The lowest BCUT2D eigenvalue weighted by Crippen LogP contribution is -2.52. The first-order valence-electron chi connectivity index (χ1n) is 10.8. The van der Waals surface area contributed by atoms with E-state index in [2.05, 4.69) is 0 Å². The molecule has 2 fully saturated rings. The van der Waals surface area contributed by atoms with Crippen molar-refractivity contribution in [2.24, 2.45) is 0 Å². The van der Waals surface area contributed by atoms with E-state index in [1.807, 2.05) is 57.2 Å². The zero-order chi connectivity index (χ0) is 22.2. The first kappa shape index (κ1) is 22.2. The molecular formula is C23H31N3O4S. The van der Waals surface area contributed by atoms with Gasteiger partial charge in [-0.15, -0.1) is 0 Å². The minimum absolute atomic E-state index is 0.113. The Morgan fingerprint density at radius 3 is 2.39 bits per heavy atom. The molecule has 0 N–H and O–H groups in total. The standard InChI is InChI=1S/C23H31N3O4S/c1-16-12-20(19-7-9-21(29-4)10-8-19)13-22(24-16)23-6-5-11-26(23)31(27,28)25-14-17(2)30-18(3)15-25/h7-10,12-13,17-18,23H,5-6,11,14-15H2,1-4H3/t17-,18-,23+/m1/s1. The number of methoxy groups -OCH3 is 1. The predicted octanol–water partition coefficient (Wildman–Crippen LogP) is 3.56. The molecule has 2 saturated heterocycles. The van der Waals surface area contributed by atoms with Gasteiger partial charge in [0, 0.05) is 25.3 Å². The average molecular weight is 446 g/mol. The average Bonchev–Trinajstić information content (AvgIpc) is 3.24. The van der Waals surface area contributed by atoms with E-state index in [0.29, 0.717) is 19.6 Å². The minimum atomic E-state index is -3.59. The number of morpholine rings is 1. The second-order valence-corrected chi connectivity index (χ2v) is 10.4. The molecular weight excluding hydrogens is 414 g/mol.